The van der Waals surface area contributed by atoms with Gasteiger partial charge >= 0.3 is 0 Å². The third-order valence-corrected chi connectivity index (χ3v) is 5.71. The lowest BCUT2D eigenvalue weighted by atomic mass is 9.94. The molecule has 1 N–H and O–H groups in total. The van der Waals surface area contributed by atoms with Crippen molar-refractivity contribution in [1.82, 2.24) is 4.90 Å². The van der Waals surface area contributed by atoms with Crippen molar-refractivity contribution in [2.45, 2.75) is 54.1 Å². The largest absolute Gasteiger partial charge is 0.490 e. The van der Waals surface area contributed by atoms with Crippen molar-refractivity contribution in [3.63, 3.8) is 0 Å². The van der Waals surface area contributed by atoms with Crippen molar-refractivity contribution in [3.8, 4) is 5.75 Å². The molecule has 2 aromatic rings. The van der Waals surface area contributed by atoms with E-state index in [2.05, 4.69) is 31.0 Å². The van der Waals surface area contributed by atoms with Gasteiger partial charge in [0, 0.05) is 29.3 Å². The maximum Gasteiger partial charge on any atom is 0.255 e. The summed E-state index contributed by atoms with van der Waals surface area (Å²) in [6.07, 6.45) is 0. The Bertz CT molecular complexity index is 961. The quantitative estimate of drug-likeness (QED) is 0.695. The third-order valence-electron chi connectivity index (χ3n) is 5.71. The molecule has 1 aliphatic rings. The number of rotatable bonds is 6. The van der Waals surface area contributed by atoms with Gasteiger partial charge in [0.15, 0.2) is 0 Å². The summed E-state index contributed by atoms with van der Waals surface area (Å²) in [6.45, 7) is 15.0. The van der Waals surface area contributed by atoms with E-state index >= 15 is 0 Å². The molecule has 0 radical (unpaired) electrons. The summed E-state index contributed by atoms with van der Waals surface area (Å²) in [5, 5.41) is 2.95. The second-order valence-electron chi connectivity index (χ2n) is 9.55. The Morgan fingerprint density at radius 2 is 1.81 bits per heavy atom. The van der Waals surface area contributed by atoms with Gasteiger partial charge in [0.2, 0.25) is 5.91 Å². The predicted molar refractivity (Wildman–Crippen MR) is 129 cm³/mol. The molecule has 0 aromatic heterocycles. The summed E-state index contributed by atoms with van der Waals surface area (Å²) in [5.41, 5.74) is 2.60. The van der Waals surface area contributed by atoms with Gasteiger partial charge in [0.1, 0.15) is 12.4 Å². The lowest BCUT2D eigenvalue weighted by molar-refractivity contribution is -0.126. The average molecular weight is 438 g/mol. The Morgan fingerprint density at radius 3 is 2.41 bits per heavy atom. The molecule has 6 nitrogen and oxygen atoms in total. The smallest absolute Gasteiger partial charge is 0.255 e. The first-order valence-electron chi connectivity index (χ1n) is 11.3. The van der Waals surface area contributed by atoms with E-state index in [4.69, 9.17) is 4.74 Å². The van der Waals surface area contributed by atoms with E-state index in [1.165, 1.54) is 5.56 Å². The second kappa shape index (κ2) is 9.74. The van der Waals surface area contributed by atoms with E-state index in [0.29, 0.717) is 41.9 Å². The van der Waals surface area contributed by atoms with Gasteiger partial charge in [-0.15, -0.1) is 0 Å². The Hall–Kier alpha value is -2.86. The molecule has 0 saturated heterocycles. The highest BCUT2D eigenvalue weighted by Crippen LogP contribution is 2.36. The fraction of sp³-hybridized carbons (Fsp3) is 0.462. The first-order valence-corrected chi connectivity index (χ1v) is 11.3. The van der Waals surface area contributed by atoms with Crippen LogP contribution in [0.15, 0.2) is 42.5 Å². The van der Waals surface area contributed by atoms with Crippen molar-refractivity contribution in [1.29, 1.82) is 0 Å². The van der Waals surface area contributed by atoms with E-state index in [1.807, 2.05) is 51.1 Å². The summed E-state index contributed by atoms with van der Waals surface area (Å²) in [4.78, 5) is 29.8. The molecular formula is C26H35N3O3. The van der Waals surface area contributed by atoms with Crippen molar-refractivity contribution in [2.24, 2.45) is 5.41 Å². The molecule has 0 bridgehead atoms. The number of fused-ring (bicyclic) bond motifs is 1. The minimum Gasteiger partial charge on any atom is -0.490 e. The van der Waals surface area contributed by atoms with Crippen LogP contribution in [-0.4, -0.2) is 42.5 Å². The zero-order valence-electron chi connectivity index (χ0n) is 20.1. The molecule has 2 aromatic carbocycles. The molecule has 6 heteroatoms. The van der Waals surface area contributed by atoms with Crippen LogP contribution in [0.3, 0.4) is 0 Å². The number of nitrogens with one attached hydrogen (secondary N) is 1. The maximum atomic E-state index is 12.9. The number of hydrogen-bond donors (Lipinski definition) is 1. The number of nitrogens with zero attached hydrogens (tertiary/aromatic N) is 2. The van der Waals surface area contributed by atoms with Crippen LogP contribution < -0.4 is 15.0 Å². The van der Waals surface area contributed by atoms with E-state index < -0.39 is 5.41 Å². The molecule has 0 fully saturated rings. The molecule has 0 aliphatic carbocycles. The molecule has 3 rings (SSSR count). The Morgan fingerprint density at radius 1 is 1.12 bits per heavy atom. The van der Waals surface area contributed by atoms with Crippen LogP contribution in [0.4, 0.5) is 11.4 Å². The topological polar surface area (TPSA) is 61.9 Å². The molecule has 0 spiro atoms. The summed E-state index contributed by atoms with van der Waals surface area (Å²) in [5.74, 6) is 0.503. The molecule has 1 aliphatic heterocycles. The standard InChI is InChI=1S/C26H35N3O3/c1-7-28(18(2)3)17-19-8-10-20(11-9-19)24(30)27-21-12-13-23-22(16-21)29(14-15-32-23)25(31)26(4,5)6/h8-13,16,18H,7,14-15,17H2,1-6H3,(H,27,30). The SMILES string of the molecule is CCN(Cc1ccc(C(=O)Nc2ccc3c(c2)N(C(=O)C(C)(C)C)CCO3)cc1)C(C)C. The number of carbonyl (C=O) groups excluding carboxylic acids is 2. The lowest BCUT2D eigenvalue weighted by Crippen LogP contribution is -2.44. The van der Waals surface area contributed by atoms with Gasteiger partial charge < -0.3 is 15.0 Å². The van der Waals surface area contributed by atoms with Crippen molar-refractivity contribution in [2.75, 3.05) is 29.9 Å². The third kappa shape index (κ3) is 5.49. The van der Waals surface area contributed by atoms with Crippen LogP contribution in [0.5, 0.6) is 5.75 Å². The van der Waals surface area contributed by atoms with E-state index in [0.717, 1.165) is 13.1 Å². The first kappa shape index (κ1) is 23.8. The number of carbonyl (C=O) groups is 2. The minimum absolute atomic E-state index is 0.0311. The molecule has 0 atom stereocenters. The lowest BCUT2D eigenvalue weighted by Gasteiger charge is -2.34. The van der Waals surface area contributed by atoms with Crippen molar-refractivity contribution < 1.29 is 14.3 Å². The first-order chi connectivity index (χ1) is 15.1. The van der Waals surface area contributed by atoms with Gasteiger partial charge in [-0.25, -0.2) is 0 Å². The average Bonchev–Trinajstić information content (AvgIpc) is 2.76. The van der Waals surface area contributed by atoms with Crippen LogP contribution >= 0.6 is 0 Å². The fourth-order valence-corrected chi connectivity index (χ4v) is 3.77. The fourth-order valence-electron chi connectivity index (χ4n) is 3.77. The van der Waals surface area contributed by atoms with E-state index in [9.17, 15) is 9.59 Å². The van der Waals surface area contributed by atoms with Crippen LogP contribution in [0.1, 0.15) is 57.5 Å². The molecule has 0 unspecified atom stereocenters. The van der Waals surface area contributed by atoms with Crippen LogP contribution in [0, 0.1) is 5.41 Å². The zero-order valence-corrected chi connectivity index (χ0v) is 20.1. The number of anilines is 2. The van der Waals surface area contributed by atoms with Gasteiger partial charge in [-0.3, -0.25) is 14.5 Å². The normalized spacial score (nSPS) is 13.7. The highest BCUT2D eigenvalue weighted by Gasteiger charge is 2.32. The Balaban J connectivity index is 1.74. The highest BCUT2D eigenvalue weighted by atomic mass is 16.5. The van der Waals surface area contributed by atoms with Crippen molar-refractivity contribution in [3.05, 3.63) is 53.6 Å². The minimum atomic E-state index is -0.501. The summed E-state index contributed by atoms with van der Waals surface area (Å²) in [7, 11) is 0. The Labute approximate surface area is 191 Å². The van der Waals surface area contributed by atoms with E-state index in [1.54, 1.807) is 17.0 Å². The molecule has 32 heavy (non-hydrogen) atoms. The van der Waals surface area contributed by atoms with Crippen molar-refractivity contribution >= 4 is 23.2 Å². The number of ether oxygens (including phenoxy) is 1. The second-order valence-corrected chi connectivity index (χ2v) is 9.55. The molecular weight excluding hydrogens is 402 g/mol. The van der Waals surface area contributed by atoms with Gasteiger partial charge in [-0.05, 0) is 56.3 Å². The highest BCUT2D eigenvalue weighted by molar-refractivity contribution is 6.05. The molecule has 172 valence electrons. The Kier molecular flexibility index (Phi) is 7.24. The van der Waals surface area contributed by atoms with Gasteiger partial charge in [-0.1, -0.05) is 39.8 Å². The van der Waals surface area contributed by atoms with E-state index in [-0.39, 0.29) is 11.8 Å². The number of amides is 2. The number of benzene rings is 2. The number of hydrogen-bond acceptors (Lipinski definition) is 4. The summed E-state index contributed by atoms with van der Waals surface area (Å²) >= 11 is 0. The van der Waals surface area contributed by atoms with Crippen LogP contribution in [-0.2, 0) is 11.3 Å². The summed E-state index contributed by atoms with van der Waals surface area (Å²) in [6, 6.07) is 13.6. The van der Waals surface area contributed by atoms with Crippen LogP contribution in [0.25, 0.3) is 0 Å². The van der Waals surface area contributed by atoms with Gasteiger partial charge in [-0.2, -0.15) is 0 Å². The molecule has 1 heterocycles. The summed E-state index contributed by atoms with van der Waals surface area (Å²) < 4.78 is 5.72. The maximum absolute atomic E-state index is 12.9. The predicted octanol–water partition coefficient (Wildman–Crippen LogP) is 4.94. The van der Waals surface area contributed by atoms with Crippen LogP contribution in [0.2, 0.25) is 0 Å². The molecule has 0 saturated carbocycles. The van der Waals surface area contributed by atoms with Gasteiger partial charge in [0.05, 0.1) is 12.2 Å². The monoisotopic (exact) mass is 437 g/mol. The molecule has 2 amide bonds. The zero-order chi connectivity index (χ0) is 23.5. The van der Waals surface area contributed by atoms with Gasteiger partial charge in [0.25, 0.3) is 5.91 Å².